The Hall–Kier alpha value is -1.84. The van der Waals surface area contributed by atoms with Gasteiger partial charge in [0.25, 0.3) is 0 Å². The maximum Gasteiger partial charge on any atom is 0.118 e. The van der Waals surface area contributed by atoms with Crippen molar-refractivity contribution in [1.82, 2.24) is 4.90 Å². The van der Waals surface area contributed by atoms with Gasteiger partial charge in [0.2, 0.25) is 0 Å². The van der Waals surface area contributed by atoms with Crippen molar-refractivity contribution in [3.05, 3.63) is 65.2 Å². The highest BCUT2D eigenvalue weighted by molar-refractivity contribution is 5.36. The number of fused-ring (bicyclic) bond motifs is 1. The number of ether oxygens (including phenoxy) is 1. The third-order valence-corrected chi connectivity index (χ3v) is 4.92. The zero-order valence-electron chi connectivity index (χ0n) is 14.3. The van der Waals surface area contributed by atoms with Crippen LogP contribution in [-0.4, -0.2) is 25.1 Å². The van der Waals surface area contributed by atoms with Crippen LogP contribution in [0, 0.1) is 0 Å². The fraction of sp³-hybridized carbons (Fsp3) is 0.400. The maximum absolute atomic E-state index is 6.08. The highest BCUT2D eigenvalue weighted by atomic mass is 16.5. The number of nitrogens with two attached hydrogens (primary N) is 1. The van der Waals surface area contributed by atoms with Gasteiger partial charge in [0.05, 0.1) is 7.11 Å². The van der Waals surface area contributed by atoms with E-state index in [1.807, 2.05) is 12.1 Å². The standard InChI is InChI=1S/C20H26N2O/c1-20(2,16-8-10-17(23-3)11-9-16)14-22-13-15-6-4-5-7-18(15)19(22)12-21/h4-11,19H,12-14,21H2,1-3H3. The van der Waals surface area contributed by atoms with Gasteiger partial charge >= 0.3 is 0 Å². The summed E-state index contributed by atoms with van der Waals surface area (Å²) in [5, 5.41) is 0. The van der Waals surface area contributed by atoms with Crippen LogP contribution in [0.3, 0.4) is 0 Å². The van der Waals surface area contributed by atoms with Gasteiger partial charge in [0.15, 0.2) is 0 Å². The summed E-state index contributed by atoms with van der Waals surface area (Å²) >= 11 is 0. The minimum Gasteiger partial charge on any atom is -0.497 e. The van der Waals surface area contributed by atoms with Gasteiger partial charge in [-0.15, -0.1) is 0 Å². The highest BCUT2D eigenvalue weighted by Gasteiger charge is 2.33. The van der Waals surface area contributed by atoms with Crippen LogP contribution >= 0.6 is 0 Å². The smallest absolute Gasteiger partial charge is 0.118 e. The van der Waals surface area contributed by atoms with Gasteiger partial charge in [-0.3, -0.25) is 4.90 Å². The van der Waals surface area contributed by atoms with Gasteiger partial charge < -0.3 is 10.5 Å². The fourth-order valence-corrected chi connectivity index (χ4v) is 3.61. The summed E-state index contributed by atoms with van der Waals surface area (Å²) in [5.74, 6) is 0.901. The number of hydrogen-bond donors (Lipinski definition) is 1. The maximum atomic E-state index is 6.08. The van der Waals surface area contributed by atoms with Crippen molar-refractivity contribution in [2.45, 2.75) is 31.8 Å². The molecule has 0 spiro atoms. The van der Waals surface area contributed by atoms with E-state index in [2.05, 4.69) is 55.1 Å². The molecule has 3 rings (SSSR count). The van der Waals surface area contributed by atoms with E-state index in [4.69, 9.17) is 10.5 Å². The number of rotatable bonds is 5. The predicted molar refractivity (Wildman–Crippen MR) is 94.7 cm³/mol. The van der Waals surface area contributed by atoms with Crippen molar-refractivity contribution in [3.63, 3.8) is 0 Å². The molecule has 1 atom stereocenters. The van der Waals surface area contributed by atoms with Gasteiger partial charge in [-0.2, -0.15) is 0 Å². The third-order valence-electron chi connectivity index (χ3n) is 4.92. The Morgan fingerprint density at radius 1 is 1.13 bits per heavy atom. The van der Waals surface area contributed by atoms with Crippen LogP contribution < -0.4 is 10.5 Å². The highest BCUT2D eigenvalue weighted by Crippen LogP contribution is 2.36. The molecule has 1 aliphatic heterocycles. The minimum absolute atomic E-state index is 0.0573. The van der Waals surface area contributed by atoms with Crippen LogP contribution in [0.4, 0.5) is 0 Å². The van der Waals surface area contributed by atoms with Gasteiger partial charge in [-0.1, -0.05) is 50.2 Å². The molecule has 1 aliphatic rings. The lowest BCUT2D eigenvalue weighted by Gasteiger charge is -2.34. The summed E-state index contributed by atoms with van der Waals surface area (Å²) in [4.78, 5) is 2.51. The second-order valence-corrected chi connectivity index (χ2v) is 6.97. The Kier molecular flexibility index (Phi) is 4.42. The van der Waals surface area contributed by atoms with Crippen LogP contribution in [0.25, 0.3) is 0 Å². The summed E-state index contributed by atoms with van der Waals surface area (Å²) in [6, 6.07) is 17.4. The van der Waals surface area contributed by atoms with Crippen LogP contribution in [0.1, 0.15) is 36.6 Å². The van der Waals surface area contributed by atoms with Crippen molar-refractivity contribution in [2.24, 2.45) is 5.73 Å². The predicted octanol–water partition coefficient (Wildman–Crippen LogP) is 3.49. The molecule has 2 aromatic rings. The van der Waals surface area contributed by atoms with Crippen LogP contribution in [0.15, 0.2) is 48.5 Å². The summed E-state index contributed by atoms with van der Waals surface area (Å²) in [6.07, 6.45) is 0. The molecule has 2 N–H and O–H groups in total. The molecule has 3 heteroatoms. The van der Waals surface area contributed by atoms with E-state index >= 15 is 0 Å². The Morgan fingerprint density at radius 3 is 2.48 bits per heavy atom. The van der Waals surface area contributed by atoms with Crippen molar-refractivity contribution in [1.29, 1.82) is 0 Å². The van der Waals surface area contributed by atoms with E-state index in [1.165, 1.54) is 16.7 Å². The molecule has 122 valence electrons. The Balaban J connectivity index is 1.80. The van der Waals surface area contributed by atoms with Gasteiger partial charge in [-0.05, 0) is 28.8 Å². The van der Waals surface area contributed by atoms with E-state index in [1.54, 1.807) is 7.11 Å². The topological polar surface area (TPSA) is 38.5 Å². The van der Waals surface area contributed by atoms with Gasteiger partial charge in [0.1, 0.15) is 5.75 Å². The molecule has 0 aromatic heterocycles. The normalized spacial score (nSPS) is 18.0. The summed E-state index contributed by atoms with van der Waals surface area (Å²) in [5.41, 5.74) is 10.3. The molecule has 2 aromatic carbocycles. The molecule has 3 nitrogen and oxygen atoms in total. The lowest BCUT2D eigenvalue weighted by atomic mass is 9.84. The largest absolute Gasteiger partial charge is 0.497 e. The number of hydrogen-bond acceptors (Lipinski definition) is 3. The molecule has 0 saturated heterocycles. The molecule has 1 heterocycles. The molecule has 0 radical (unpaired) electrons. The quantitative estimate of drug-likeness (QED) is 0.919. The van der Waals surface area contributed by atoms with E-state index in [-0.39, 0.29) is 5.41 Å². The molecule has 1 unspecified atom stereocenters. The summed E-state index contributed by atoms with van der Waals surface area (Å²) in [6.45, 7) is 7.22. The molecular weight excluding hydrogens is 284 g/mol. The Bertz CT molecular complexity index is 664. The lowest BCUT2D eigenvalue weighted by molar-refractivity contribution is 0.179. The average molecular weight is 310 g/mol. The molecule has 23 heavy (non-hydrogen) atoms. The fourth-order valence-electron chi connectivity index (χ4n) is 3.61. The molecule has 0 fully saturated rings. The zero-order valence-corrected chi connectivity index (χ0v) is 14.3. The summed E-state index contributed by atoms with van der Waals surface area (Å²) < 4.78 is 5.27. The van der Waals surface area contributed by atoms with Crippen molar-refractivity contribution < 1.29 is 4.74 Å². The SMILES string of the molecule is COc1ccc(C(C)(C)CN2Cc3ccccc3C2CN)cc1. The van der Waals surface area contributed by atoms with E-state index in [0.717, 1.165) is 18.8 Å². The second kappa shape index (κ2) is 6.34. The van der Waals surface area contributed by atoms with E-state index in [0.29, 0.717) is 12.6 Å². The molecule has 0 aliphatic carbocycles. The van der Waals surface area contributed by atoms with Crippen molar-refractivity contribution >= 4 is 0 Å². The molecule has 0 bridgehead atoms. The first kappa shape index (κ1) is 16.0. The van der Waals surface area contributed by atoms with E-state index < -0.39 is 0 Å². The molecule has 0 saturated carbocycles. The monoisotopic (exact) mass is 310 g/mol. The summed E-state index contributed by atoms with van der Waals surface area (Å²) in [7, 11) is 1.70. The Morgan fingerprint density at radius 2 is 1.83 bits per heavy atom. The molecular formula is C20H26N2O. The van der Waals surface area contributed by atoms with Crippen molar-refractivity contribution in [3.8, 4) is 5.75 Å². The second-order valence-electron chi connectivity index (χ2n) is 6.97. The minimum atomic E-state index is 0.0573. The number of benzene rings is 2. The lowest BCUT2D eigenvalue weighted by Crippen LogP contribution is -2.38. The van der Waals surface area contributed by atoms with Crippen LogP contribution in [0.5, 0.6) is 5.75 Å². The first-order chi connectivity index (χ1) is 11.0. The first-order valence-electron chi connectivity index (χ1n) is 8.21. The zero-order chi connectivity index (χ0) is 16.4. The van der Waals surface area contributed by atoms with Gasteiger partial charge in [-0.25, -0.2) is 0 Å². The van der Waals surface area contributed by atoms with Gasteiger partial charge in [0, 0.05) is 31.1 Å². The van der Waals surface area contributed by atoms with Crippen LogP contribution in [-0.2, 0) is 12.0 Å². The van der Waals surface area contributed by atoms with Crippen LogP contribution in [0.2, 0.25) is 0 Å². The average Bonchev–Trinajstić information content (AvgIpc) is 2.91. The molecule has 0 amide bonds. The van der Waals surface area contributed by atoms with Crippen molar-refractivity contribution in [2.75, 3.05) is 20.2 Å². The van der Waals surface area contributed by atoms with E-state index in [9.17, 15) is 0 Å². The number of methoxy groups -OCH3 is 1. The third kappa shape index (κ3) is 3.12. The first-order valence-corrected chi connectivity index (χ1v) is 8.21. The Labute approximate surface area is 139 Å². The number of nitrogens with zero attached hydrogens (tertiary/aromatic N) is 1.